The van der Waals surface area contributed by atoms with E-state index in [0.29, 0.717) is 18.4 Å². The molecule has 1 N–H and O–H groups in total. The summed E-state index contributed by atoms with van der Waals surface area (Å²) in [6, 6.07) is 4.50. The lowest BCUT2D eigenvalue weighted by molar-refractivity contribution is -0.190. The lowest BCUT2D eigenvalue weighted by Crippen LogP contribution is -2.34. The highest BCUT2D eigenvalue weighted by Gasteiger charge is 2.43. The Morgan fingerprint density at radius 3 is 2.90 bits per heavy atom. The van der Waals surface area contributed by atoms with Crippen molar-refractivity contribution in [3.63, 3.8) is 0 Å². The van der Waals surface area contributed by atoms with E-state index in [0.717, 1.165) is 0 Å². The van der Waals surface area contributed by atoms with Gasteiger partial charge in [-0.1, -0.05) is 25.6 Å². The summed E-state index contributed by atoms with van der Waals surface area (Å²) in [7, 11) is 0. The molecule has 1 saturated heterocycles. The van der Waals surface area contributed by atoms with Gasteiger partial charge < -0.3 is 14.6 Å². The van der Waals surface area contributed by atoms with Crippen LogP contribution in [0.5, 0.6) is 5.75 Å². The van der Waals surface area contributed by atoms with E-state index in [1.165, 1.54) is 12.1 Å². The second-order valence-corrected chi connectivity index (χ2v) is 4.61. The molecule has 20 heavy (non-hydrogen) atoms. The van der Waals surface area contributed by atoms with Gasteiger partial charge in [0.15, 0.2) is 0 Å². The van der Waals surface area contributed by atoms with Crippen LogP contribution in [0.15, 0.2) is 24.8 Å². The molecule has 0 amide bonds. The van der Waals surface area contributed by atoms with E-state index in [9.17, 15) is 14.7 Å². The van der Waals surface area contributed by atoms with Gasteiger partial charge >= 0.3 is 11.9 Å². The number of ether oxygens (including phenoxy) is 2. The van der Waals surface area contributed by atoms with E-state index >= 15 is 0 Å². The first-order valence-corrected chi connectivity index (χ1v) is 6.40. The molecule has 0 aliphatic carbocycles. The molecule has 0 spiro atoms. The molecule has 1 fully saturated rings. The molecule has 1 heterocycles. The maximum atomic E-state index is 12.2. The SMILES string of the molecule is C=Cc1ccc(O)c(C(=O)OC2(CC)CCC(=O)O2)c1. The zero-order chi connectivity index (χ0) is 14.8. The van der Waals surface area contributed by atoms with E-state index in [1.807, 2.05) is 0 Å². The highest BCUT2D eigenvalue weighted by Crippen LogP contribution is 2.33. The van der Waals surface area contributed by atoms with Gasteiger partial charge in [-0.3, -0.25) is 4.79 Å². The van der Waals surface area contributed by atoms with Crippen molar-refractivity contribution in [1.82, 2.24) is 0 Å². The highest BCUT2D eigenvalue weighted by molar-refractivity contribution is 5.93. The van der Waals surface area contributed by atoms with Gasteiger partial charge in [0.2, 0.25) is 0 Å². The Kier molecular flexibility index (Phi) is 3.79. The summed E-state index contributed by atoms with van der Waals surface area (Å²) in [4.78, 5) is 23.4. The summed E-state index contributed by atoms with van der Waals surface area (Å²) in [5.74, 6) is -2.51. The smallest absolute Gasteiger partial charge is 0.345 e. The number of phenols is 1. The molecule has 1 aliphatic rings. The third-order valence-corrected chi connectivity index (χ3v) is 3.30. The summed E-state index contributed by atoms with van der Waals surface area (Å²) >= 11 is 0. The number of hydrogen-bond donors (Lipinski definition) is 1. The van der Waals surface area contributed by atoms with Crippen LogP contribution >= 0.6 is 0 Å². The Morgan fingerprint density at radius 2 is 2.35 bits per heavy atom. The monoisotopic (exact) mass is 276 g/mol. The van der Waals surface area contributed by atoms with Crippen molar-refractivity contribution < 1.29 is 24.2 Å². The minimum absolute atomic E-state index is 0.0261. The van der Waals surface area contributed by atoms with E-state index in [1.54, 1.807) is 19.1 Å². The van der Waals surface area contributed by atoms with Crippen molar-refractivity contribution in [3.8, 4) is 5.75 Å². The number of rotatable bonds is 4. The quantitative estimate of drug-likeness (QED) is 0.856. The molecule has 0 bridgehead atoms. The third kappa shape index (κ3) is 2.66. The molecular formula is C15H16O5. The summed E-state index contributed by atoms with van der Waals surface area (Å²) in [5, 5.41) is 9.74. The van der Waals surface area contributed by atoms with Gasteiger partial charge in [-0.15, -0.1) is 0 Å². The van der Waals surface area contributed by atoms with Crippen LogP contribution in [-0.4, -0.2) is 22.8 Å². The van der Waals surface area contributed by atoms with Crippen molar-refractivity contribution in [2.75, 3.05) is 0 Å². The normalized spacial score (nSPS) is 21.4. The van der Waals surface area contributed by atoms with Crippen LogP contribution in [0.1, 0.15) is 42.1 Å². The average Bonchev–Trinajstić information content (AvgIpc) is 2.81. The molecule has 1 aliphatic heterocycles. The Balaban J connectivity index is 2.23. The largest absolute Gasteiger partial charge is 0.507 e. The van der Waals surface area contributed by atoms with Crippen LogP contribution < -0.4 is 0 Å². The first kappa shape index (κ1) is 14.1. The molecule has 1 atom stereocenters. The number of aromatic hydroxyl groups is 1. The fraction of sp³-hybridized carbons (Fsp3) is 0.333. The molecular weight excluding hydrogens is 260 g/mol. The molecule has 1 aromatic carbocycles. The number of carbonyl (C=O) groups is 2. The molecule has 106 valence electrons. The lowest BCUT2D eigenvalue weighted by atomic mass is 10.1. The summed E-state index contributed by atoms with van der Waals surface area (Å²) in [6.07, 6.45) is 2.48. The number of esters is 2. The minimum Gasteiger partial charge on any atom is -0.507 e. The molecule has 1 unspecified atom stereocenters. The Hall–Kier alpha value is -2.30. The maximum Gasteiger partial charge on any atom is 0.345 e. The second-order valence-electron chi connectivity index (χ2n) is 4.61. The molecule has 0 aromatic heterocycles. The fourth-order valence-electron chi connectivity index (χ4n) is 2.06. The van der Waals surface area contributed by atoms with Crippen LogP contribution in [0.25, 0.3) is 6.08 Å². The first-order valence-electron chi connectivity index (χ1n) is 6.40. The molecule has 1 aromatic rings. The molecule has 5 heteroatoms. The average molecular weight is 276 g/mol. The summed E-state index contributed by atoms with van der Waals surface area (Å²) in [6.45, 7) is 5.37. The van der Waals surface area contributed by atoms with Crippen molar-refractivity contribution in [3.05, 3.63) is 35.9 Å². The van der Waals surface area contributed by atoms with Gasteiger partial charge in [0.05, 0.1) is 6.42 Å². The number of carbonyl (C=O) groups excluding carboxylic acids is 2. The predicted molar refractivity (Wildman–Crippen MR) is 72.0 cm³/mol. The number of cyclic esters (lactones) is 1. The first-order chi connectivity index (χ1) is 9.49. The standard InChI is InChI=1S/C15H16O5/c1-3-10-5-6-12(16)11(9-10)14(18)20-15(4-2)8-7-13(17)19-15/h3,5-6,9,16H,1,4,7-8H2,2H3. The van der Waals surface area contributed by atoms with Crippen molar-refractivity contribution >= 4 is 18.0 Å². The minimum atomic E-state index is -1.22. The summed E-state index contributed by atoms with van der Waals surface area (Å²) in [5.41, 5.74) is 0.710. The van der Waals surface area contributed by atoms with Gasteiger partial charge in [-0.2, -0.15) is 0 Å². The Labute approximate surface area is 116 Å². The predicted octanol–water partition coefficient (Wildman–Crippen LogP) is 2.64. The van der Waals surface area contributed by atoms with Crippen LogP contribution in [0, 0.1) is 0 Å². The second kappa shape index (κ2) is 5.36. The maximum absolute atomic E-state index is 12.2. The molecule has 5 nitrogen and oxygen atoms in total. The molecule has 0 radical (unpaired) electrons. The zero-order valence-corrected chi connectivity index (χ0v) is 11.2. The highest BCUT2D eigenvalue weighted by atomic mass is 16.7. The topological polar surface area (TPSA) is 72.8 Å². The van der Waals surface area contributed by atoms with Gasteiger partial charge in [-0.05, 0) is 17.7 Å². The van der Waals surface area contributed by atoms with Crippen LogP contribution in [-0.2, 0) is 14.3 Å². The van der Waals surface area contributed by atoms with Crippen molar-refractivity contribution in [2.45, 2.75) is 32.0 Å². The Bertz CT molecular complexity index is 563. The van der Waals surface area contributed by atoms with Crippen LogP contribution in [0.4, 0.5) is 0 Å². The van der Waals surface area contributed by atoms with Crippen molar-refractivity contribution in [2.24, 2.45) is 0 Å². The van der Waals surface area contributed by atoms with Crippen LogP contribution in [0.3, 0.4) is 0 Å². The van der Waals surface area contributed by atoms with Gasteiger partial charge in [0, 0.05) is 12.8 Å². The van der Waals surface area contributed by atoms with Gasteiger partial charge in [-0.25, -0.2) is 4.79 Å². The number of hydrogen-bond acceptors (Lipinski definition) is 5. The van der Waals surface area contributed by atoms with Crippen molar-refractivity contribution in [1.29, 1.82) is 0 Å². The van der Waals surface area contributed by atoms with E-state index in [4.69, 9.17) is 9.47 Å². The van der Waals surface area contributed by atoms with Gasteiger partial charge in [0.1, 0.15) is 11.3 Å². The lowest BCUT2D eigenvalue weighted by Gasteiger charge is -2.26. The third-order valence-electron chi connectivity index (χ3n) is 3.30. The molecule has 0 saturated carbocycles. The fourth-order valence-corrected chi connectivity index (χ4v) is 2.06. The zero-order valence-electron chi connectivity index (χ0n) is 11.2. The van der Waals surface area contributed by atoms with Crippen LogP contribution in [0.2, 0.25) is 0 Å². The summed E-state index contributed by atoms with van der Waals surface area (Å²) < 4.78 is 10.4. The Morgan fingerprint density at radius 1 is 1.60 bits per heavy atom. The van der Waals surface area contributed by atoms with E-state index < -0.39 is 11.8 Å². The number of benzene rings is 1. The van der Waals surface area contributed by atoms with E-state index in [-0.39, 0.29) is 23.7 Å². The van der Waals surface area contributed by atoms with Gasteiger partial charge in [0.25, 0.3) is 5.79 Å². The number of phenolic OH excluding ortho intramolecular Hbond substituents is 1. The van der Waals surface area contributed by atoms with E-state index in [2.05, 4.69) is 6.58 Å². The molecule has 2 rings (SSSR count).